The number of aliphatic hydroxyl groups is 3. The van der Waals surface area contributed by atoms with Crippen LogP contribution in [0.4, 0.5) is 0 Å². The van der Waals surface area contributed by atoms with E-state index in [1.54, 1.807) is 53.6 Å². The number of unbranched alkanes of at least 4 members (excludes halogenated alkanes) is 1. The molecule has 0 amide bonds. The molecule has 1 aromatic carbocycles. The molecule has 67 heavy (non-hydrogen) atoms. The number of methoxy groups -OCH3 is 1. The maximum Gasteiger partial charge on any atom is 0.309 e. The maximum atomic E-state index is 13.7. The number of hydrogen-bond acceptors (Lipinski definition) is 17. The second-order valence-corrected chi connectivity index (χ2v) is 19.4. The second-order valence-electron chi connectivity index (χ2n) is 19.4. The number of aldehydes is 1. The molecule has 0 saturated carbocycles. The number of likely N-dealkylation sites (N-methyl/N-ethyl adjacent to an activating group) is 1. The Labute approximate surface area is 398 Å². The van der Waals surface area contributed by atoms with Crippen LogP contribution in [0.5, 0.6) is 0 Å². The summed E-state index contributed by atoms with van der Waals surface area (Å²) in [6.07, 6.45) is -6.96. The number of carbonyl (C=O) groups is 4. The molecule has 3 N–H and O–H groups in total. The first-order valence-corrected chi connectivity index (χ1v) is 24.5. The van der Waals surface area contributed by atoms with Crippen LogP contribution in [0.25, 0.3) is 0 Å². The summed E-state index contributed by atoms with van der Waals surface area (Å²) < 4.78 is 49.4. The number of ether oxygens (including phenoxy) is 8. The lowest BCUT2D eigenvalue weighted by Gasteiger charge is -2.50. The topological polar surface area (TPSA) is 209 Å². The third kappa shape index (κ3) is 16.8. The number of aliphatic hydroxyl groups excluding tert-OH is 2. The molecule has 1 aromatic rings. The highest BCUT2D eigenvalue weighted by Crippen LogP contribution is 2.38. The molecule has 0 radical (unpaired) electrons. The molecule has 382 valence electrons. The second kappa shape index (κ2) is 27.3. The van der Waals surface area contributed by atoms with Crippen molar-refractivity contribution < 1.29 is 72.4 Å². The summed E-state index contributed by atoms with van der Waals surface area (Å²) in [5, 5.41) is 35.6. The summed E-state index contributed by atoms with van der Waals surface area (Å²) in [5.41, 5.74) is -0.222. The minimum atomic E-state index is -1.50. The van der Waals surface area contributed by atoms with Gasteiger partial charge in [-0.25, -0.2) is 0 Å². The van der Waals surface area contributed by atoms with Crippen molar-refractivity contribution in [1.29, 1.82) is 0 Å². The molecule has 0 aromatic heterocycles. The number of β-amino-alcohol motifs (C(OH)–C–C–N with tert-alkyl or cyclic N) is 1. The van der Waals surface area contributed by atoms with E-state index < -0.39 is 109 Å². The number of esters is 3. The predicted octanol–water partition coefficient (Wildman–Crippen LogP) is 4.37. The number of benzene rings is 1. The predicted molar refractivity (Wildman–Crippen MR) is 247 cm³/mol. The molecule has 0 bridgehead atoms. The summed E-state index contributed by atoms with van der Waals surface area (Å²) in [6.45, 7) is 13.9. The number of hydrogen-bond donors (Lipinski definition) is 3. The molecule has 0 spiro atoms. The molecule has 3 saturated heterocycles. The zero-order valence-corrected chi connectivity index (χ0v) is 41.7. The van der Waals surface area contributed by atoms with Gasteiger partial charge in [0, 0.05) is 39.3 Å². The van der Waals surface area contributed by atoms with Gasteiger partial charge in [0.25, 0.3) is 0 Å². The Balaban J connectivity index is 1.64. The number of nitrogens with zero attached hydrogens (tertiary/aromatic N) is 2. The van der Waals surface area contributed by atoms with E-state index in [1.807, 2.05) is 32.0 Å². The summed E-state index contributed by atoms with van der Waals surface area (Å²) >= 11 is 0. The van der Waals surface area contributed by atoms with Crippen LogP contribution in [-0.2, 0) is 63.5 Å². The van der Waals surface area contributed by atoms with Crippen LogP contribution < -0.4 is 0 Å². The molecule has 3 fully saturated rings. The van der Waals surface area contributed by atoms with Crippen LogP contribution >= 0.6 is 0 Å². The lowest BCUT2D eigenvalue weighted by Crippen LogP contribution is -2.66. The Kier molecular flexibility index (Phi) is 23.0. The van der Waals surface area contributed by atoms with Crippen molar-refractivity contribution in [3.05, 3.63) is 35.9 Å². The van der Waals surface area contributed by atoms with Crippen LogP contribution in [0.1, 0.15) is 118 Å². The van der Waals surface area contributed by atoms with Crippen LogP contribution in [0.15, 0.2) is 30.3 Å². The lowest BCUT2D eigenvalue weighted by atomic mass is 9.82. The highest BCUT2D eigenvalue weighted by molar-refractivity contribution is 5.72. The maximum absolute atomic E-state index is 13.7. The lowest BCUT2D eigenvalue weighted by molar-refractivity contribution is -0.344. The van der Waals surface area contributed by atoms with Crippen LogP contribution in [-0.4, -0.2) is 175 Å². The van der Waals surface area contributed by atoms with Crippen molar-refractivity contribution in [1.82, 2.24) is 9.80 Å². The summed E-state index contributed by atoms with van der Waals surface area (Å²) in [7, 11) is 4.93. The zero-order valence-electron chi connectivity index (χ0n) is 41.7. The Morgan fingerprint density at radius 1 is 0.940 bits per heavy atom. The van der Waals surface area contributed by atoms with E-state index >= 15 is 0 Å². The summed E-state index contributed by atoms with van der Waals surface area (Å²) in [4.78, 5) is 55.5. The fraction of sp³-hybridized carbons (Fsp3) is 0.800. The third-order valence-electron chi connectivity index (χ3n) is 13.5. The van der Waals surface area contributed by atoms with Crippen molar-refractivity contribution in [3.8, 4) is 0 Å². The van der Waals surface area contributed by atoms with Gasteiger partial charge in [-0.15, -0.1) is 0 Å². The average molecular weight is 951 g/mol. The minimum Gasteiger partial charge on any atom is -0.463 e. The van der Waals surface area contributed by atoms with E-state index in [4.69, 9.17) is 37.9 Å². The largest absolute Gasteiger partial charge is 0.463 e. The van der Waals surface area contributed by atoms with Gasteiger partial charge < -0.3 is 67.8 Å². The zero-order chi connectivity index (χ0) is 49.4. The fourth-order valence-corrected chi connectivity index (χ4v) is 9.78. The number of cyclic esters (lactones) is 1. The first kappa shape index (κ1) is 56.5. The molecular weight excluding hydrogens is 869 g/mol. The van der Waals surface area contributed by atoms with E-state index in [9.17, 15) is 34.5 Å². The van der Waals surface area contributed by atoms with Gasteiger partial charge in [0.05, 0.1) is 43.0 Å². The first-order chi connectivity index (χ1) is 31.8. The number of carbonyl (C=O) groups excluding carboxylic acids is 4. The molecule has 5 unspecified atom stereocenters. The van der Waals surface area contributed by atoms with Crippen LogP contribution in [0.3, 0.4) is 0 Å². The monoisotopic (exact) mass is 951 g/mol. The average Bonchev–Trinajstić information content (AvgIpc) is 3.27. The van der Waals surface area contributed by atoms with Crippen LogP contribution in [0, 0.1) is 11.8 Å². The van der Waals surface area contributed by atoms with Crippen molar-refractivity contribution in [2.75, 3.05) is 40.8 Å². The van der Waals surface area contributed by atoms with E-state index in [1.165, 1.54) is 12.7 Å². The van der Waals surface area contributed by atoms with Gasteiger partial charge in [-0.2, -0.15) is 0 Å². The molecule has 17 heteroatoms. The number of rotatable bonds is 17. The van der Waals surface area contributed by atoms with Gasteiger partial charge in [-0.05, 0) is 111 Å². The van der Waals surface area contributed by atoms with E-state index in [0.29, 0.717) is 19.5 Å². The molecule has 3 aliphatic heterocycles. The standard InChI is InChI=1S/C50H82N2O15/c1-11-39(55)64-38-28-41(57)61-32(4)19-18-25-52(24-17-16-22-35-20-14-13-15-21-35)30-37(54)31(3)27-36(23-26-53)46(47(38)60-10)67-49-44(58)43(51(8)9)45(33(5)63-49)66-42-29-50(7,59)48(34(6)62-42)65-40(56)12-2/h13-15,20-21,26,31-34,36-38,42-49,54,58-59H,11-12,16-19,22-25,27-30H2,1-10H3/t31-,32-,33?,34?,36+,37+,38-,42+,43?,44?,45-,46+,47+,48+,49+,50?/m1/s1. The minimum absolute atomic E-state index is 0.00495. The van der Waals surface area contributed by atoms with Gasteiger partial charge in [0.1, 0.15) is 36.3 Å². The van der Waals surface area contributed by atoms with E-state index in [0.717, 1.165) is 38.5 Å². The summed E-state index contributed by atoms with van der Waals surface area (Å²) in [5.74, 6) is -2.72. The Hall–Kier alpha value is -3.10. The van der Waals surface area contributed by atoms with Crippen molar-refractivity contribution in [2.45, 2.75) is 204 Å². The molecule has 4 rings (SSSR count). The molecule has 16 atom stereocenters. The first-order valence-electron chi connectivity index (χ1n) is 24.5. The molecular formula is C50H82N2O15. The van der Waals surface area contributed by atoms with Gasteiger partial charge >= 0.3 is 17.9 Å². The van der Waals surface area contributed by atoms with Crippen LogP contribution in [0.2, 0.25) is 0 Å². The van der Waals surface area contributed by atoms with Gasteiger partial charge in [-0.3, -0.25) is 14.4 Å². The molecule has 0 aliphatic carbocycles. The highest BCUT2D eigenvalue weighted by atomic mass is 16.7. The van der Waals surface area contributed by atoms with Crippen molar-refractivity contribution >= 4 is 24.2 Å². The molecule has 17 nitrogen and oxygen atoms in total. The Bertz CT molecular complexity index is 1650. The smallest absolute Gasteiger partial charge is 0.309 e. The van der Waals surface area contributed by atoms with Crippen molar-refractivity contribution in [2.24, 2.45) is 11.8 Å². The fourth-order valence-electron chi connectivity index (χ4n) is 9.78. The van der Waals surface area contributed by atoms with Gasteiger partial charge in [-0.1, -0.05) is 51.1 Å². The Morgan fingerprint density at radius 3 is 2.25 bits per heavy atom. The quantitative estimate of drug-likeness (QED) is 0.0857. The third-order valence-corrected chi connectivity index (χ3v) is 13.5. The molecule has 3 heterocycles. The van der Waals surface area contributed by atoms with E-state index in [-0.39, 0.29) is 44.4 Å². The molecule has 3 aliphatic rings. The SMILES string of the molecule is CCC(=O)O[C@@H]1CC(=O)O[C@H](C)CCCN(CCCCc2ccccc2)C[C@H](O)[C@H](C)C[C@H](CC=O)[C@H](O[C@@H]2OC(C)[C@@H](O[C@H]3CC(C)(O)[C@@H](OC(=O)CC)C(C)O3)C(N(C)C)C2O)[C@H]1OC. The summed E-state index contributed by atoms with van der Waals surface area (Å²) in [6, 6.07) is 9.54. The Morgan fingerprint density at radius 2 is 1.63 bits per heavy atom. The number of aryl methyl sites for hydroxylation is 1. The van der Waals surface area contributed by atoms with E-state index in [2.05, 4.69) is 17.0 Å². The highest BCUT2D eigenvalue weighted by Gasteiger charge is 2.53. The van der Waals surface area contributed by atoms with Crippen molar-refractivity contribution in [3.63, 3.8) is 0 Å². The normalized spacial score (nSPS) is 36.5. The van der Waals surface area contributed by atoms with Gasteiger partial charge in [0.15, 0.2) is 18.7 Å². The van der Waals surface area contributed by atoms with Gasteiger partial charge in [0.2, 0.25) is 0 Å².